The Labute approximate surface area is 99.3 Å². The Hall–Kier alpha value is -1.61. The van der Waals surface area contributed by atoms with E-state index < -0.39 is 0 Å². The van der Waals surface area contributed by atoms with Gasteiger partial charge in [-0.1, -0.05) is 12.1 Å². The van der Waals surface area contributed by atoms with Crippen LogP contribution in [0.15, 0.2) is 48.8 Å². The van der Waals surface area contributed by atoms with E-state index in [9.17, 15) is 4.39 Å². The lowest BCUT2D eigenvalue weighted by Crippen LogP contribution is -3.00. The molecule has 2 aromatic rings. The van der Waals surface area contributed by atoms with E-state index >= 15 is 0 Å². The molecule has 0 aliphatic heterocycles. The van der Waals surface area contributed by atoms with Crippen molar-refractivity contribution in [3.63, 3.8) is 0 Å². The Morgan fingerprint density at radius 2 is 1.81 bits per heavy atom. The van der Waals surface area contributed by atoms with Gasteiger partial charge in [-0.05, 0) is 29.8 Å². The summed E-state index contributed by atoms with van der Waals surface area (Å²) in [5.74, 6) is -0.217. The highest BCUT2D eigenvalue weighted by atomic mass is 35.5. The minimum absolute atomic E-state index is 0. The first-order valence-electron chi connectivity index (χ1n) is 4.69. The molecule has 0 amide bonds. The molecular formula is C12H11ClFN2-. The van der Waals surface area contributed by atoms with Crippen molar-refractivity contribution in [2.24, 2.45) is 0 Å². The van der Waals surface area contributed by atoms with Gasteiger partial charge in [0.1, 0.15) is 5.82 Å². The molecule has 2 nitrogen and oxygen atoms in total. The van der Waals surface area contributed by atoms with Gasteiger partial charge in [0, 0.05) is 18.9 Å². The minimum atomic E-state index is -0.217. The fourth-order valence-corrected chi connectivity index (χ4v) is 1.41. The van der Waals surface area contributed by atoms with Gasteiger partial charge >= 0.3 is 0 Å². The minimum Gasteiger partial charge on any atom is -1.00 e. The molecule has 0 bridgehead atoms. The second-order valence-electron chi connectivity index (χ2n) is 3.39. The lowest BCUT2D eigenvalue weighted by molar-refractivity contribution is -0.00000393. The number of rotatable bonds is 2. The summed E-state index contributed by atoms with van der Waals surface area (Å²) >= 11 is 0. The highest BCUT2D eigenvalue weighted by molar-refractivity contribution is 5.16. The molecule has 84 valence electrons. The van der Waals surface area contributed by atoms with Gasteiger partial charge in [0.2, 0.25) is 0 Å². The molecule has 0 spiro atoms. The molecule has 16 heavy (non-hydrogen) atoms. The molecule has 0 aliphatic rings. The molecule has 0 atom stereocenters. The summed E-state index contributed by atoms with van der Waals surface area (Å²) in [6.45, 7) is 0.623. The maximum atomic E-state index is 12.9. The SMILES string of the molecule is N=c1ccn(Cc2cccc(F)c2)cc1.[Cl-]. The van der Waals surface area contributed by atoms with Gasteiger partial charge in [-0.3, -0.25) is 0 Å². The summed E-state index contributed by atoms with van der Waals surface area (Å²) in [5, 5.41) is 7.81. The lowest BCUT2D eigenvalue weighted by atomic mass is 10.2. The fraction of sp³-hybridized carbons (Fsp3) is 0.0833. The van der Waals surface area contributed by atoms with Crippen molar-refractivity contribution in [3.8, 4) is 0 Å². The number of aromatic nitrogens is 1. The van der Waals surface area contributed by atoms with Gasteiger partial charge in [0.25, 0.3) is 0 Å². The second-order valence-corrected chi connectivity index (χ2v) is 3.39. The average molecular weight is 238 g/mol. The molecule has 0 radical (unpaired) electrons. The third-order valence-corrected chi connectivity index (χ3v) is 2.15. The number of hydrogen-bond acceptors (Lipinski definition) is 1. The first-order valence-corrected chi connectivity index (χ1v) is 4.69. The number of nitrogens with one attached hydrogen (secondary N) is 1. The first kappa shape index (κ1) is 12.5. The van der Waals surface area contributed by atoms with Crippen molar-refractivity contribution in [2.75, 3.05) is 0 Å². The van der Waals surface area contributed by atoms with Crippen LogP contribution in [-0.4, -0.2) is 4.57 Å². The summed E-state index contributed by atoms with van der Waals surface area (Å²) in [6, 6.07) is 9.94. The van der Waals surface area contributed by atoms with Crippen LogP contribution in [0.1, 0.15) is 5.56 Å². The maximum Gasteiger partial charge on any atom is 0.123 e. The smallest absolute Gasteiger partial charge is 0.123 e. The average Bonchev–Trinajstić information content (AvgIpc) is 2.22. The standard InChI is InChI=1S/C12H11FN2.ClH/c13-11-3-1-2-10(8-11)9-15-6-4-12(14)5-7-15;/h1-8,14H,9H2;1H/p-1. The fourth-order valence-electron chi connectivity index (χ4n) is 1.41. The topological polar surface area (TPSA) is 28.8 Å². The zero-order chi connectivity index (χ0) is 10.7. The van der Waals surface area contributed by atoms with Crippen LogP contribution in [0.3, 0.4) is 0 Å². The molecule has 1 N–H and O–H groups in total. The Morgan fingerprint density at radius 3 is 2.44 bits per heavy atom. The summed E-state index contributed by atoms with van der Waals surface area (Å²) in [6.07, 6.45) is 3.63. The van der Waals surface area contributed by atoms with Crippen LogP contribution in [0.25, 0.3) is 0 Å². The van der Waals surface area contributed by atoms with Crippen LogP contribution in [-0.2, 0) is 6.54 Å². The molecular weight excluding hydrogens is 227 g/mol. The van der Waals surface area contributed by atoms with Crippen molar-refractivity contribution >= 4 is 0 Å². The Balaban J connectivity index is 0.00000128. The predicted octanol–water partition coefficient (Wildman–Crippen LogP) is -0.841. The zero-order valence-corrected chi connectivity index (χ0v) is 9.28. The van der Waals surface area contributed by atoms with E-state index in [-0.39, 0.29) is 18.2 Å². The van der Waals surface area contributed by atoms with Crippen LogP contribution in [0, 0.1) is 11.2 Å². The molecule has 1 aromatic carbocycles. The van der Waals surface area contributed by atoms with E-state index in [2.05, 4.69) is 0 Å². The van der Waals surface area contributed by atoms with E-state index in [1.807, 2.05) is 23.0 Å². The van der Waals surface area contributed by atoms with Gasteiger partial charge in [-0.15, -0.1) is 0 Å². The van der Waals surface area contributed by atoms with Crippen LogP contribution >= 0.6 is 0 Å². The molecule has 0 saturated heterocycles. The number of pyridine rings is 1. The van der Waals surface area contributed by atoms with Crippen molar-refractivity contribution in [1.29, 1.82) is 5.41 Å². The maximum absolute atomic E-state index is 12.9. The van der Waals surface area contributed by atoms with E-state index in [1.54, 1.807) is 18.2 Å². The first-order chi connectivity index (χ1) is 7.24. The van der Waals surface area contributed by atoms with Gasteiger partial charge < -0.3 is 22.4 Å². The van der Waals surface area contributed by atoms with Gasteiger partial charge in [-0.2, -0.15) is 0 Å². The van der Waals surface area contributed by atoms with Crippen LogP contribution in [0.2, 0.25) is 0 Å². The van der Waals surface area contributed by atoms with Gasteiger partial charge in [-0.25, -0.2) is 4.39 Å². The molecule has 0 aliphatic carbocycles. The number of hydrogen-bond donors (Lipinski definition) is 1. The summed E-state index contributed by atoms with van der Waals surface area (Å²) in [5.41, 5.74) is 0.915. The van der Waals surface area contributed by atoms with Gasteiger partial charge in [0.15, 0.2) is 0 Å². The summed E-state index contributed by atoms with van der Waals surface area (Å²) < 4.78 is 14.8. The van der Waals surface area contributed by atoms with Crippen molar-refractivity contribution in [1.82, 2.24) is 4.57 Å². The van der Waals surface area contributed by atoms with Crippen LogP contribution in [0.4, 0.5) is 4.39 Å². The number of halogens is 2. The summed E-state index contributed by atoms with van der Waals surface area (Å²) in [4.78, 5) is 0. The van der Waals surface area contributed by atoms with Crippen molar-refractivity contribution < 1.29 is 16.8 Å². The molecule has 1 aromatic heterocycles. The highest BCUT2D eigenvalue weighted by Gasteiger charge is 1.95. The second kappa shape index (κ2) is 5.47. The Kier molecular flexibility index (Phi) is 4.26. The molecule has 0 saturated carbocycles. The highest BCUT2D eigenvalue weighted by Crippen LogP contribution is 2.04. The molecule has 2 rings (SSSR count). The van der Waals surface area contributed by atoms with E-state index in [1.165, 1.54) is 12.1 Å². The molecule has 0 unspecified atom stereocenters. The Bertz CT molecular complexity index is 502. The third-order valence-electron chi connectivity index (χ3n) is 2.15. The van der Waals surface area contributed by atoms with E-state index in [0.717, 1.165) is 5.56 Å². The molecule has 0 fully saturated rings. The van der Waals surface area contributed by atoms with Crippen molar-refractivity contribution in [3.05, 3.63) is 65.5 Å². The number of nitrogens with zero attached hydrogens (tertiary/aromatic N) is 1. The summed E-state index contributed by atoms with van der Waals surface area (Å²) in [7, 11) is 0. The molecule has 4 heteroatoms. The quantitative estimate of drug-likeness (QED) is 0.706. The van der Waals surface area contributed by atoms with E-state index in [0.29, 0.717) is 11.9 Å². The monoisotopic (exact) mass is 237 g/mol. The lowest BCUT2D eigenvalue weighted by Gasteiger charge is -2.05. The number of benzene rings is 1. The largest absolute Gasteiger partial charge is 1.00 e. The van der Waals surface area contributed by atoms with Gasteiger partial charge in [0.05, 0.1) is 5.36 Å². The molecule has 1 heterocycles. The third kappa shape index (κ3) is 3.21. The van der Waals surface area contributed by atoms with E-state index in [4.69, 9.17) is 5.41 Å². The Morgan fingerprint density at radius 1 is 1.12 bits per heavy atom. The normalized spacial score (nSPS) is 9.56. The predicted molar refractivity (Wildman–Crippen MR) is 55.8 cm³/mol. The van der Waals surface area contributed by atoms with Crippen LogP contribution < -0.4 is 17.8 Å². The van der Waals surface area contributed by atoms with Crippen LogP contribution in [0.5, 0.6) is 0 Å². The zero-order valence-electron chi connectivity index (χ0n) is 8.53. The van der Waals surface area contributed by atoms with Crippen molar-refractivity contribution in [2.45, 2.75) is 6.54 Å².